The molecule has 1 atom stereocenters. The Morgan fingerprint density at radius 2 is 2.16 bits per heavy atom. The number of ether oxygens (including phenoxy) is 1. The Kier molecular flexibility index (Phi) is 4.44. The number of hydrogen-bond donors (Lipinski definition) is 0. The van der Waals surface area contributed by atoms with Crippen LogP contribution in [0.2, 0.25) is 0 Å². The maximum absolute atomic E-state index is 11.5. The highest BCUT2D eigenvalue weighted by atomic mass is 32.2. The maximum atomic E-state index is 11.5. The van der Waals surface area contributed by atoms with E-state index in [-0.39, 0.29) is 6.10 Å². The number of aromatic nitrogens is 3. The first-order valence-electron chi connectivity index (χ1n) is 8.21. The smallest absolute Gasteiger partial charge is 0.355 e. The number of carbonyl (C=O) groups is 1. The second-order valence-corrected chi connectivity index (χ2v) is 7.03. The predicted molar refractivity (Wildman–Crippen MR) is 93.0 cm³/mol. The molecule has 1 aliphatic heterocycles. The predicted octanol–water partition coefficient (Wildman–Crippen LogP) is 2.55. The van der Waals surface area contributed by atoms with Crippen LogP contribution >= 0.6 is 11.8 Å². The Balaban J connectivity index is 1.43. The highest BCUT2D eigenvalue weighted by Gasteiger charge is 2.31. The molecule has 1 aliphatic carbocycles. The number of rotatable bonds is 6. The van der Waals surface area contributed by atoms with Gasteiger partial charge >= 0.3 is 5.97 Å². The Hall–Kier alpha value is -2.35. The number of esters is 1. The quantitative estimate of drug-likeness (QED) is 0.583. The van der Waals surface area contributed by atoms with Crippen molar-refractivity contribution in [3.05, 3.63) is 36.2 Å². The lowest BCUT2D eigenvalue weighted by atomic mass is 10.2. The Labute approximate surface area is 149 Å². The van der Waals surface area contributed by atoms with Gasteiger partial charge in [-0.1, -0.05) is 35.1 Å². The van der Waals surface area contributed by atoms with E-state index in [9.17, 15) is 4.79 Å². The zero-order valence-electron chi connectivity index (χ0n) is 13.8. The third kappa shape index (κ3) is 3.53. The number of methoxy groups -OCH3 is 1. The van der Waals surface area contributed by atoms with Crippen molar-refractivity contribution in [1.82, 2.24) is 14.8 Å². The molecule has 130 valence electrons. The van der Waals surface area contributed by atoms with Crippen molar-refractivity contribution >= 4 is 23.4 Å². The zero-order valence-corrected chi connectivity index (χ0v) is 14.6. The standard InChI is InChI=1S/C17H18N4O3S/c1-23-16(22)14-9-13(24-20-14)10-25-17-18-15(11-7-8-11)21(19-17)12-5-3-2-4-6-12/h2-6,11,13H,7-10H2,1H3/t13-/m0/s1. The second kappa shape index (κ2) is 6.87. The molecule has 0 amide bonds. The SMILES string of the molecule is COC(=O)C1=NO[C@H](CSc2nc(C3CC3)n(-c3ccccc3)n2)C1. The van der Waals surface area contributed by atoms with Gasteiger partial charge in [0.2, 0.25) is 5.16 Å². The molecule has 4 rings (SSSR count). The largest absolute Gasteiger partial charge is 0.464 e. The fourth-order valence-electron chi connectivity index (χ4n) is 2.65. The molecule has 1 fully saturated rings. The van der Waals surface area contributed by atoms with Crippen LogP contribution in [0.5, 0.6) is 0 Å². The van der Waals surface area contributed by atoms with Crippen LogP contribution in [0.3, 0.4) is 0 Å². The zero-order chi connectivity index (χ0) is 17.2. The Morgan fingerprint density at radius 3 is 2.88 bits per heavy atom. The summed E-state index contributed by atoms with van der Waals surface area (Å²) in [6, 6.07) is 10.1. The molecule has 25 heavy (non-hydrogen) atoms. The molecule has 2 aliphatic rings. The van der Waals surface area contributed by atoms with Gasteiger partial charge in [-0.3, -0.25) is 0 Å². The van der Waals surface area contributed by atoms with Crippen molar-refractivity contribution in [2.45, 2.75) is 36.4 Å². The molecule has 1 saturated carbocycles. The first-order valence-corrected chi connectivity index (χ1v) is 9.19. The van der Waals surface area contributed by atoms with Crippen LogP contribution in [0.1, 0.15) is 31.0 Å². The Bertz CT molecular complexity index is 801. The maximum Gasteiger partial charge on any atom is 0.355 e. The number of benzene rings is 1. The monoisotopic (exact) mass is 358 g/mol. The molecule has 1 aromatic carbocycles. The minimum atomic E-state index is -0.435. The number of thioether (sulfide) groups is 1. The van der Waals surface area contributed by atoms with E-state index in [1.165, 1.54) is 18.9 Å². The summed E-state index contributed by atoms with van der Waals surface area (Å²) >= 11 is 1.52. The summed E-state index contributed by atoms with van der Waals surface area (Å²) in [5, 5.41) is 9.17. The van der Waals surface area contributed by atoms with Gasteiger partial charge in [-0.15, -0.1) is 5.10 Å². The van der Waals surface area contributed by atoms with Gasteiger partial charge in [0.05, 0.1) is 12.8 Å². The van der Waals surface area contributed by atoms with Gasteiger partial charge in [0.15, 0.2) is 5.71 Å². The minimum absolute atomic E-state index is 0.160. The summed E-state index contributed by atoms with van der Waals surface area (Å²) in [4.78, 5) is 21.5. The highest BCUT2D eigenvalue weighted by Crippen LogP contribution is 2.40. The van der Waals surface area contributed by atoms with E-state index >= 15 is 0 Å². The fraction of sp³-hybridized carbons (Fsp3) is 0.412. The van der Waals surface area contributed by atoms with Gasteiger partial charge in [0.25, 0.3) is 0 Å². The van der Waals surface area contributed by atoms with Crippen LogP contribution in [0.25, 0.3) is 5.69 Å². The number of carbonyl (C=O) groups excluding carboxylic acids is 1. The number of para-hydroxylation sites is 1. The summed E-state index contributed by atoms with van der Waals surface area (Å²) in [7, 11) is 1.34. The lowest BCUT2D eigenvalue weighted by molar-refractivity contribution is -0.132. The van der Waals surface area contributed by atoms with E-state index in [0.717, 1.165) is 29.5 Å². The lowest BCUT2D eigenvalue weighted by Gasteiger charge is -2.05. The summed E-state index contributed by atoms with van der Waals surface area (Å²) in [5.41, 5.74) is 1.35. The third-order valence-electron chi connectivity index (χ3n) is 4.11. The third-order valence-corrected chi connectivity index (χ3v) is 5.08. The molecule has 0 radical (unpaired) electrons. The average molecular weight is 358 g/mol. The molecule has 0 unspecified atom stereocenters. The van der Waals surface area contributed by atoms with Crippen molar-refractivity contribution in [3.63, 3.8) is 0 Å². The van der Waals surface area contributed by atoms with E-state index < -0.39 is 5.97 Å². The Morgan fingerprint density at radius 1 is 1.36 bits per heavy atom. The molecule has 0 spiro atoms. The van der Waals surface area contributed by atoms with Gasteiger partial charge in [0, 0.05) is 18.1 Å². The fourth-order valence-corrected chi connectivity index (χ4v) is 3.47. The lowest BCUT2D eigenvalue weighted by Crippen LogP contribution is -2.17. The summed E-state index contributed by atoms with van der Waals surface area (Å²) in [5.74, 6) is 1.72. The first-order chi connectivity index (χ1) is 12.2. The van der Waals surface area contributed by atoms with Gasteiger partial charge in [-0.2, -0.15) is 0 Å². The van der Waals surface area contributed by atoms with Gasteiger partial charge in [-0.25, -0.2) is 14.5 Å². The molecule has 1 aromatic heterocycles. The highest BCUT2D eigenvalue weighted by molar-refractivity contribution is 7.99. The molecule has 2 aromatic rings. The van der Waals surface area contributed by atoms with Crippen LogP contribution in [0, 0.1) is 0 Å². The van der Waals surface area contributed by atoms with Crippen molar-refractivity contribution in [2.75, 3.05) is 12.9 Å². The molecule has 2 heterocycles. The van der Waals surface area contributed by atoms with Gasteiger partial charge in [-0.05, 0) is 25.0 Å². The first kappa shape index (κ1) is 16.1. The summed E-state index contributed by atoms with van der Waals surface area (Å²) in [6.45, 7) is 0. The summed E-state index contributed by atoms with van der Waals surface area (Å²) in [6.07, 6.45) is 2.62. The summed E-state index contributed by atoms with van der Waals surface area (Å²) < 4.78 is 6.60. The minimum Gasteiger partial charge on any atom is -0.464 e. The van der Waals surface area contributed by atoms with Gasteiger partial charge < -0.3 is 9.57 Å². The van der Waals surface area contributed by atoms with Crippen molar-refractivity contribution < 1.29 is 14.4 Å². The molecule has 7 nitrogen and oxygen atoms in total. The van der Waals surface area contributed by atoms with Crippen molar-refractivity contribution in [2.24, 2.45) is 5.16 Å². The normalized spacial score (nSPS) is 19.4. The second-order valence-electron chi connectivity index (χ2n) is 6.05. The van der Waals surface area contributed by atoms with E-state index in [1.807, 2.05) is 35.0 Å². The van der Waals surface area contributed by atoms with E-state index in [2.05, 4.69) is 15.0 Å². The van der Waals surface area contributed by atoms with Crippen molar-refractivity contribution in [1.29, 1.82) is 0 Å². The average Bonchev–Trinajstić information content (AvgIpc) is 3.23. The van der Waals surface area contributed by atoms with E-state index in [4.69, 9.17) is 9.82 Å². The molecule has 0 saturated heterocycles. The molecular formula is C17H18N4O3S. The number of oxime groups is 1. The molecule has 8 heteroatoms. The van der Waals surface area contributed by atoms with Crippen LogP contribution in [-0.2, 0) is 14.4 Å². The van der Waals surface area contributed by atoms with E-state index in [1.54, 1.807) is 0 Å². The van der Waals surface area contributed by atoms with Gasteiger partial charge in [0.1, 0.15) is 11.9 Å². The topological polar surface area (TPSA) is 78.6 Å². The van der Waals surface area contributed by atoms with Crippen LogP contribution < -0.4 is 0 Å². The van der Waals surface area contributed by atoms with Crippen LogP contribution in [0.4, 0.5) is 0 Å². The molecule has 0 N–H and O–H groups in total. The number of hydrogen-bond acceptors (Lipinski definition) is 7. The molecular weight excluding hydrogens is 340 g/mol. The van der Waals surface area contributed by atoms with E-state index in [0.29, 0.717) is 23.8 Å². The van der Waals surface area contributed by atoms with Crippen LogP contribution in [-0.4, -0.2) is 45.4 Å². The van der Waals surface area contributed by atoms with Crippen LogP contribution in [0.15, 0.2) is 40.6 Å². The van der Waals surface area contributed by atoms with Crippen molar-refractivity contribution in [3.8, 4) is 5.69 Å². The number of nitrogens with zero attached hydrogens (tertiary/aromatic N) is 4. The molecule has 0 bridgehead atoms.